The largest absolute Gasteiger partial charge is 0.497 e. The smallest absolute Gasteiger partial charge is 0.248 e. The Morgan fingerprint density at radius 2 is 1.73 bits per heavy atom. The van der Waals surface area contributed by atoms with Crippen LogP contribution in [0.3, 0.4) is 0 Å². The van der Waals surface area contributed by atoms with E-state index in [1.807, 2.05) is 68.4 Å². The van der Waals surface area contributed by atoms with E-state index in [0.717, 1.165) is 16.9 Å². The number of rotatable bonds is 6. The molecule has 0 aliphatic carbocycles. The monoisotopic (exact) mass is 350 g/mol. The van der Waals surface area contributed by atoms with Crippen molar-refractivity contribution in [2.45, 2.75) is 25.4 Å². The quantitative estimate of drug-likeness (QED) is 0.742. The Bertz CT molecular complexity index is 843. The molecule has 3 aromatic rings. The molecule has 0 aliphatic heterocycles. The molecule has 0 saturated heterocycles. The first-order valence-corrected chi connectivity index (χ1v) is 8.37. The van der Waals surface area contributed by atoms with Crippen LogP contribution in [0.4, 0.5) is 0 Å². The summed E-state index contributed by atoms with van der Waals surface area (Å²) in [6, 6.07) is 17.3. The fourth-order valence-electron chi connectivity index (χ4n) is 2.71. The van der Waals surface area contributed by atoms with Crippen molar-refractivity contribution >= 4 is 5.91 Å². The molecule has 1 atom stereocenters. The molecule has 1 N–H and O–H groups in total. The number of hydrogen-bond acceptors (Lipinski definition) is 4. The standard InChI is InChI=1S/C20H22N4O2/c1-20(2,24-14-21-13-22-24)19(25)23-18(15-7-5-4-6-8-15)16-9-11-17(26-3)12-10-16/h4-14,18H,1-3H3,(H,23,25)/t18-/m0/s1. The SMILES string of the molecule is COc1ccc([C@@H](NC(=O)C(C)(C)n2cncn2)c2ccccc2)cc1. The van der Waals surface area contributed by atoms with Gasteiger partial charge in [0.15, 0.2) is 0 Å². The lowest BCUT2D eigenvalue weighted by Crippen LogP contribution is -2.46. The van der Waals surface area contributed by atoms with Crippen LogP contribution in [-0.2, 0) is 10.3 Å². The van der Waals surface area contributed by atoms with E-state index in [1.54, 1.807) is 18.1 Å². The fourth-order valence-corrected chi connectivity index (χ4v) is 2.71. The number of hydrogen-bond donors (Lipinski definition) is 1. The van der Waals surface area contributed by atoms with E-state index in [2.05, 4.69) is 15.4 Å². The minimum atomic E-state index is -0.865. The van der Waals surface area contributed by atoms with Crippen molar-refractivity contribution in [1.82, 2.24) is 20.1 Å². The molecule has 0 radical (unpaired) electrons. The number of ether oxygens (including phenoxy) is 1. The van der Waals surface area contributed by atoms with Gasteiger partial charge in [-0.05, 0) is 37.1 Å². The van der Waals surface area contributed by atoms with E-state index in [9.17, 15) is 4.79 Å². The topological polar surface area (TPSA) is 69.0 Å². The molecule has 26 heavy (non-hydrogen) atoms. The highest BCUT2D eigenvalue weighted by Gasteiger charge is 2.32. The van der Waals surface area contributed by atoms with E-state index in [0.29, 0.717) is 0 Å². The van der Waals surface area contributed by atoms with Crippen molar-refractivity contribution < 1.29 is 9.53 Å². The van der Waals surface area contributed by atoms with Crippen LogP contribution in [0.25, 0.3) is 0 Å². The number of benzene rings is 2. The third-order valence-electron chi connectivity index (χ3n) is 4.40. The van der Waals surface area contributed by atoms with Gasteiger partial charge in [0.25, 0.3) is 0 Å². The molecule has 6 nitrogen and oxygen atoms in total. The van der Waals surface area contributed by atoms with Crippen molar-refractivity contribution in [2.24, 2.45) is 0 Å². The van der Waals surface area contributed by atoms with Gasteiger partial charge in [-0.15, -0.1) is 0 Å². The zero-order valence-corrected chi connectivity index (χ0v) is 15.1. The maximum Gasteiger partial charge on any atom is 0.248 e. The molecule has 2 aromatic carbocycles. The average Bonchev–Trinajstić information content (AvgIpc) is 3.22. The highest BCUT2D eigenvalue weighted by molar-refractivity contribution is 5.84. The minimum absolute atomic E-state index is 0.146. The van der Waals surface area contributed by atoms with Crippen LogP contribution in [0.15, 0.2) is 67.3 Å². The molecule has 0 aliphatic rings. The summed E-state index contributed by atoms with van der Waals surface area (Å²) in [5.74, 6) is 0.627. The van der Waals surface area contributed by atoms with E-state index in [-0.39, 0.29) is 11.9 Å². The van der Waals surface area contributed by atoms with Crippen molar-refractivity contribution in [2.75, 3.05) is 7.11 Å². The molecule has 134 valence electrons. The summed E-state index contributed by atoms with van der Waals surface area (Å²) in [6.45, 7) is 3.63. The minimum Gasteiger partial charge on any atom is -0.497 e. The highest BCUT2D eigenvalue weighted by Crippen LogP contribution is 2.26. The molecule has 1 heterocycles. The van der Waals surface area contributed by atoms with Crippen molar-refractivity contribution in [3.8, 4) is 5.75 Å². The third kappa shape index (κ3) is 3.59. The van der Waals surface area contributed by atoms with Crippen molar-refractivity contribution in [3.05, 3.63) is 78.4 Å². The first-order valence-electron chi connectivity index (χ1n) is 8.37. The van der Waals surface area contributed by atoms with Crippen LogP contribution in [-0.4, -0.2) is 27.8 Å². The van der Waals surface area contributed by atoms with E-state index >= 15 is 0 Å². The van der Waals surface area contributed by atoms with Crippen molar-refractivity contribution in [1.29, 1.82) is 0 Å². The summed E-state index contributed by atoms with van der Waals surface area (Å²) < 4.78 is 6.79. The van der Waals surface area contributed by atoms with Gasteiger partial charge in [-0.2, -0.15) is 5.10 Å². The molecule has 3 rings (SSSR count). The maximum absolute atomic E-state index is 13.0. The molecule has 0 spiro atoms. The lowest BCUT2D eigenvalue weighted by molar-refractivity contribution is -0.129. The molecule has 0 saturated carbocycles. The molecule has 0 bridgehead atoms. The van der Waals surface area contributed by atoms with Gasteiger partial charge in [0.2, 0.25) is 5.91 Å². The summed E-state index contributed by atoms with van der Waals surface area (Å²) in [6.07, 6.45) is 2.97. The Labute approximate surface area is 152 Å². The first kappa shape index (κ1) is 17.7. The Balaban J connectivity index is 1.92. The van der Waals surface area contributed by atoms with Gasteiger partial charge in [-0.1, -0.05) is 42.5 Å². The van der Waals surface area contributed by atoms with E-state index < -0.39 is 5.54 Å². The average molecular weight is 350 g/mol. The van der Waals surface area contributed by atoms with Crippen LogP contribution < -0.4 is 10.1 Å². The van der Waals surface area contributed by atoms with Gasteiger partial charge in [0.1, 0.15) is 23.9 Å². The van der Waals surface area contributed by atoms with Crippen LogP contribution in [0, 0.1) is 0 Å². The number of aromatic nitrogens is 3. The fraction of sp³-hybridized carbons (Fsp3) is 0.250. The molecule has 6 heteroatoms. The Morgan fingerprint density at radius 1 is 1.08 bits per heavy atom. The van der Waals surface area contributed by atoms with Gasteiger partial charge in [-0.3, -0.25) is 4.79 Å². The summed E-state index contributed by atoms with van der Waals surface area (Å²) >= 11 is 0. The summed E-state index contributed by atoms with van der Waals surface area (Å²) in [5, 5.41) is 7.26. The third-order valence-corrected chi connectivity index (χ3v) is 4.40. The van der Waals surface area contributed by atoms with Gasteiger partial charge in [-0.25, -0.2) is 9.67 Å². The van der Waals surface area contributed by atoms with Crippen molar-refractivity contribution in [3.63, 3.8) is 0 Å². The van der Waals surface area contributed by atoms with Gasteiger partial charge < -0.3 is 10.1 Å². The predicted octanol–water partition coefficient (Wildman–Crippen LogP) is 2.93. The van der Waals surface area contributed by atoms with Crippen LogP contribution in [0.1, 0.15) is 31.0 Å². The number of methoxy groups -OCH3 is 1. The molecule has 0 fully saturated rings. The number of carbonyl (C=O) groups is 1. The van der Waals surface area contributed by atoms with Crippen LogP contribution >= 0.6 is 0 Å². The summed E-state index contributed by atoms with van der Waals surface area (Å²) in [4.78, 5) is 17.0. The van der Waals surface area contributed by atoms with E-state index in [4.69, 9.17) is 4.74 Å². The molecule has 0 unspecified atom stereocenters. The summed E-state index contributed by atoms with van der Waals surface area (Å²) in [5.41, 5.74) is 1.11. The Morgan fingerprint density at radius 3 is 2.31 bits per heavy atom. The Hall–Kier alpha value is -3.15. The maximum atomic E-state index is 13.0. The lowest BCUT2D eigenvalue weighted by atomic mass is 9.96. The predicted molar refractivity (Wildman–Crippen MR) is 98.8 cm³/mol. The van der Waals surface area contributed by atoms with Crippen LogP contribution in [0.5, 0.6) is 5.75 Å². The van der Waals surface area contributed by atoms with Gasteiger partial charge in [0, 0.05) is 0 Å². The number of carbonyl (C=O) groups excluding carboxylic acids is 1. The van der Waals surface area contributed by atoms with Gasteiger partial charge in [0.05, 0.1) is 13.2 Å². The Kier molecular flexibility index (Phi) is 5.02. The normalized spacial score (nSPS) is 12.4. The van der Waals surface area contributed by atoms with Crippen LogP contribution in [0.2, 0.25) is 0 Å². The number of nitrogens with one attached hydrogen (secondary N) is 1. The molecular weight excluding hydrogens is 328 g/mol. The number of nitrogens with zero attached hydrogens (tertiary/aromatic N) is 3. The molecule has 1 amide bonds. The second-order valence-corrected chi connectivity index (χ2v) is 6.49. The summed E-state index contributed by atoms with van der Waals surface area (Å²) in [7, 11) is 1.63. The van der Waals surface area contributed by atoms with Gasteiger partial charge >= 0.3 is 0 Å². The zero-order chi connectivity index (χ0) is 18.6. The second-order valence-electron chi connectivity index (χ2n) is 6.49. The zero-order valence-electron chi connectivity index (χ0n) is 15.1. The first-order chi connectivity index (χ1) is 12.5. The number of amides is 1. The van der Waals surface area contributed by atoms with E-state index in [1.165, 1.54) is 6.33 Å². The molecular formula is C20H22N4O2. The molecule has 1 aromatic heterocycles. The second kappa shape index (κ2) is 7.39. The highest BCUT2D eigenvalue weighted by atomic mass is 16.5. The lowest BCUT2D eigenvalue weighted by Gasteiger charge is -2.28.